The number of ether oxygens (including phenoxy) is 6. The molecule has 0 unspecified atom stereocenters. The van der Waals surface area contributed by atoms with Crippen molar-refractivity contribution in [3.63, 3.8) is 0 Å². The van der Waals surface area contributed by atoms with Crippen LogP contribution in [0.1, 0.15) is 27.8 Å². The first-order valence-corrected chi connectivity index (χ1v) is 16.8. The number of hydrogen-bond acceptors (Lipinski definition) is 6. The molecule has 0 saturated carbocycles. The second-order valence-electron chi connectivity index (χ2n) is 12.1. The minimum absolute atomic E-state index is 0.317. The minimum atomic E-state index is -0.482. The molecule has 0 aromatic heterocycles. The maximum Gasteiger partial charge on any atom is 0.118 e. The molecule has 0 bridgehead atoms. The van der Waals surface area contributed by atoms with Gasteiger partial charge in [-0.25, -0.2) is 0 Å². The molecule has 49 heavy (non-hydrogen) atoms. The van der Waals surface area contributed by atoms with Crippen LogP contribution in [-0.2, 0) is 50.1 Å². The fraction of sp³-hybridized carbons (Fsp3) is 0.256. The Morgan fingerprint density at radius 2 is 0.959 bits per heavy atom. The zero-order valence-corrected chi connectivity index (χ0v) is 27.9. The Labute approximate surface area is 289 Å². The van der Waals surface area contributed by atoms with Gasteiger partial charge < -0.3 is 28.4 Å². The predicted octanol–water partition coefficient (Wildman–Crippen LogP) is 8.45. The van der Waals surface area contributed by atoms with E-state index in [2.05, 4.69) is 60.7 Å². The highest BCUT2D eigenvalue weighted by Gasteiger charge is 2.47. The summed E-state index contributed by atoms with van der Waals surface area (Å²) < 4.78 is 39.0. The van der Waals surface area contributed by atoms with E-state index in [9.17, 15) is 0 Å². The van der Waals surface area contributed by atoms with Gasteiger partial charge in [-0.3, -0.25) is 0 Å². The first-order valence-electron chi connectivity index (χ1n) is 16.8. The molecule has 5 aromatic rings. The third-order valence-electron chi connectivity index (χ3n) is 8.51. The van der Waals surface area contributed by atoms with Gasteiger partial charge in [-0.2, -0.15) is 0 Å². The quantitative estimate of drug-likeness (QED) is 0.106. The van der Waals surface area contributed by atoms with E-state index in [1.54, 1.807) is 7.11 Å². The normalized spacial score (nSPS) is 20.7. The van der Waals surface area contributed by atoms with E-state index < -0.39 is 30.5 Å². The summed E-state index contributed by atoms with van der Waals surface area (Å²) >= 11 is 0. The summed E-state index contributed by atoms with van der Waals surface area (Å²) in [5, 5.41) is 0. The van der Waals surface area contributed by atoms with Gasteiger partial charge in [0.05, 0.1) is 40.1 Å². The van der Waals surface area contributed by atoms with Gasteiger partial charge in [0.15, 0.2) is 0 Å². The number of hydrogen-bond donors (Lipinski definition) is 0. The van der Waals surface area contributed by atoms with Crippen LogP contribution >= 0.6 is 0 Å². The van der Waals surface area contributed by atoms with Crippen molar-refractivity contribution in [2.24, 2.45) is 0 Å². The Morgan fingerprint density at radius 3 is 1.45 bits per heavy atom. The van der Waals surface area contributed by atoms with Crippen molar-refractivity contribution in [1.29, 1.82) is 0 Å². The molecule has 1 heterocycles. The lowest BCUT2D eigenvalue weighted by molar-refractivity contribution is -0.263. The average molecular weight is 657 g/mol. The lowest BCUT2D eigenvalue weighted by Crippen LogP contribution is -2.60. The molecule has 6 heteroatoms. The predicted molar refractivity (Wildman–Crippen MR) is 192 cm³/mol. The van der Waals surface area contributed by atoms with Gasteiger partial charge >= 0.3 is 0 Å². The maximum atomic E-state index is 6.91. The largest absolute Gasteiger partial charge is 0.497 e. The zero-order valence-electron chi connectivity index (χ0n) is 27.9. The van der Waals surface area contributed by atoms with Crippen molar-refractivity contribution >= 4 is 6.08 Å². The summed E-state index contributed by atoms with van der Waals surface area (Å²) in [7, 11) is 1.67. The molecular formula is C43H44O6. The SMILES string of the molecule is COc1ccc(/C=C/[C@H]2O[C@H](COCc3ccccc3)[C@@H](OCc3ccccc3)[C@H](OCc3ccccc3)[C@@H]2OCc2ccccc2)cc1. The van der Waals surface area contributed by atoms with Crippen LogP contribution < -0.4 is 4.74 Å². The van der Waals surface area contributed by atoms with Crippen molar-refractivity contribution in [2.45, 2.75) is 56.9 Å². The third kappa shape index (κ3) is 10.2. The fourth-order valence-electron chi connectivity index (χ4n) is 5.90. The van der Waals surface area contributed by atoms with E-state index >= 15 is 0 Å². The molecule has 1 aliphatic rings. The number of rotatable bonds is 16. The van der Waals surface area contributed by atoms with Crippen molar-refractivity contribution in [3.05, 3.63) is 179 Å². The molecule has 6 rings (SSSR count). The molecule has 1 saturated heterocycles. The molecule has 0 amide bonds. The average Bonchev–Trinajstić information content (AvgIpc) is 3.17. The van der Waals surface area contributed by atoms with Crippen molar-refractivity contribution in [1.82, 2.24) is 0 Å². The topological polar surface area (TPSA) is 55.4 Å². The Morgan fingerprint density at radius 1 is 0.510 bits per heavy atom. The van der Waals surface area contributed by atoms with Crippen molar-refractivity contribution in [2.75, 3.05) is 13.7 Å². The summed E-state index contributed by atoms with van der Waals surface area (Å²) in [6.45, 7) is 1.97. The van der Waals surface area contributed by atoms with Gasteiger partial charge in [-0.05, 0) is 39.9 Å². The molecule has 0 radical (unpaired) electrons. The zero-order chi connectivity index (χ0) is 33.5. The molecule has 0 aliphatic carbocycles. The minimum Gasteiger partial charge on any atom is -0.497 e. The number of methoxy groups -OCH3 is 1. The van der Waals surface area contributed by atoms with Gasteiger partial charge in [-0.15, -0.1) is 0 Å². The highest BCUT2D eigenvalue weighted by molar-refractivity contribution is 5.51. The maximum absolute atomic E-state index is 6.91. The molecule has 5 atom stereocenters. The van der Waals surface area contributed by atoms with Crippen LogP contribution in [0.4, 0.5) is 0 Å². The summed E-state index contributed by atoms with van der Waals surface area (Å²) in [4.78, 5) is 0. The van der Waals surface area contributed by atoms with Crippen LogP contribution in [0.3, 0.4) is 0 Å². The molecule has 1 fully saturated rings. The summed E-state index contributed by atoms with van der Waals surface area (Å²) in [6.07, 6.45) is 1.80. The van der Waals surface area contributed by atoms with Gasteiger partial charge in [0, 0.05) is 0 Å². The second-order valence-corrected chi connectivity index (χ2v) is 12.1. The lowest BCUT2D eigenvalue weighted by atomic mass is 9.93. The van der Waals surface area contributed by atoms with E-state index in [4.69, 9.17) is 28.4 Å². The standard InChI is InChI=1S/C43H44O6/c1-44-38-25-22-33(23-26-38)24-27-39-41(46-29-35-16-8-3-9-17-35)43(48-31-37-20-12-5-13-21-37)42(47-30-36-18-10-4-11-19-36)40(49-39)32-45-28-34-14-6-2-7-15-34/h2-27,39-43H,28-32H2,1H3/b27-24+/t39-,40-,41-,42-,43-/m1/s1. The van der Waals surface area contributed by atoms with Crippen LogP contribution in [0, 0.1) is 0 Å². The van der Waals surface area contributed by atoms with E-state index in [0.717, 1.165) is 33.6 Å². The molecule has 1 aliphatic heterocycles. The molecule has 5 aromatic carbocycles. The van der Waals surface area contributed by atoms with Gasteiger partial charge in [0.2, 0.25) is 0 Å². The Hall–Kier alpha value is -4.56. The van der Waals surface area contributed by atoms with E-state index in [1.165, 1.54) is 0 Å². The Bertz CT molecular complexity index is 1660. The van der Waals surface area contributed by atoms with Crippen LogP contribution in [0.2, 0.25) is 0 Å². The highest BCUT2D eigenvalue weighted by Crippen LogP contribution is 2.32. The monoisotopic (exact) mass is 656 g/mol. The smallest absolute Gasteiger partial charge is 0.118 e. The first-order chi connectivity index (χ1) is 24.2. The second kappa shape index (κ2) is 18.3. The Balaban J connectivity index is 1.32. The van der Waals surface area contributed by atoms with Crippen LogP contribution in [0.25, 0.3) is 6.08 Å². The van der Waals surface area contributed by atoms with Crippen LogP contribution in [0.15, 0.2) is 152 Å². The van der Waals surface area contributed by atoms with E-state index in [-0.39, 0.29) is 0 Å². The van der Waals surface area contributed by atoms with Crippen molar-refractivity contribution in [3.8, 4) is 5.75 Å². The molecule has 252 valence electrons. The highest BCUT2D eigenvalue weighted by atomic mass is 16.6. The van der Waals surface area contributed by atoms with E-state index in [1.807, 2.05) is 97.1 Å². The molecular weight excluding hydrogens is 612 g/mol. The molecule has 0 spiro atoms. The summed E-state index contributed by atoms with van der Waals surface area (Å²) in [5.41, 5.74) is 5.32. The fourth-order valence-corrected chi connectivity index (χ4v) is 5.90. The number of benzene rings is 5. The van der Waals surface area contributed by atoms with Gasteiger partial charge in [-0.1, -0.05) is 146 Å². The summed E-state index contributed by atoms with van der Waals surface area (Å²) in [5.74, 6) is 0.804. The third-order valence-corrected chi connectivity index (χ3v) is 8.51. The van der Waals surface area contributed by atoms with Gasteiger partial charge in [0.25, 0.3) is 0 Å². The van der Waals surface area contributed by atoms with E-state index in [0.29, 0.717) is 33.0 Å². The van der Waals surface area contributed by atoms with Crippen LogP contribution in [-0.4, -0.2) is 44.2 Å². The first kappa shape index (κ1) is 34.3. The Kier molecular flexibility index (Phi) is 12.8. The van der Waals surface area contributed by atoms with Crippen LogP contribution in [0.5, 0.6) is 5.75 Å². The van der Waals surface area contributed by atoms with Gasteiger partial charge in [0.1, 0.15) is 36.3 Å². The van der Waals surface area contributed by atoms with Crippen molar-refractivity contribution < 1.29 is 28.4 Å². The molecule has 0 N–H and O–H groups in total. The molecule has 6 nitrogen and oxygen atoms in total. The summed E-state index contributed by atoms with van der Waals surface area (Å²) in [6, 6.07) is 48.6. The lowest BCUT2D eigenvalue weighted by Gasteiger charge is -2.45.